The summed E-state index contributed by atoms with van der Waals surface area (Å²) in [5.74, 6) is 0.844. The molecular formula is C16H34N2O. The zero-order chi connectivity index (χ0) is 14.1. The topological polar surface area (TPSA) is 24.5 Å². The van der Waals surface area contributed by atoms with Crippen LogP contribution in [-0.2, 0) is 4.74 Å². The maximum absolute atomic E-state index is 5.77. The zero-order valence-electron chi connectivity index (χ0n) is 13.5. The van der Waals surface area contributed by atoms with Crippen molar-refractivity contribution in [3.8, 4) is 0 Å². The Morgan fingerprint density at radius 1 is 1.26 bits per heavy atom. The van der Waals surface area contributed by atoms with Crippen LogP contribution in [0, 0.1) is 11.3 Å². The first-order valence-corrected chi connectivity index (χ1v) is 8.14. The second kappa shape index (κ2) is 8.93. The molecule has 1 aliphatic heterocycles. The third-order valence-electron chi connectivity index (χ3n) is 4.63. The lowest BCUT2D eigenvalue weighted by Crippen LogP contribution is -2.49. The second-order valence-corrected chi connectivity index (χ2v) is 6.20. The molecule has 0 aromatic heterocycles. The Balaban J connectivity index is 2.58. The third kappa shape index (κ3) is 5.41. The van der Waals surface area contributed by atoms with Gasteiger partial charge in [0.05, 0.1) is 6.61 Å². The highest BCUT2D eigenvalue weighted by molar-refractivity contribution is 4.87. The molecule has 1 fully saturated rings. The molecule has 19 heavy (non-hydrogen) atoms. The molecule has 1 aliphatic rings. The first kappa shape index (κ1) is 16.9. The van der Waals surface area contributed by atoms with E-state index in [4.69, 9.17) is 4.74 Å². The van der Waals surface area contributed by atoms with E-state index in [0.29, 0.717) is 5.41 Å². The van der Waals surface area contributed by atoms with E-state index in [1.807, 2.05) is 0 Å². The van der Waals surface area contributed by atoms with Crippen LogP contribution in [0.25, 0.3) is 0 Å². The first-order chi connectivity index (χ1) is 9.19. The van der Waals surface area contributed by atoms with Crippen LogP contribution in [-0.4, -0.2) is 51.3 Å². The third-order valence-corrected chi connectivity index (χ3v) is 4.63. The molecule has 1 atom stereocenters. The van der Waals surface area contributed by atoms with Crippen LogP contribution in [0.3, 0.4) is 0 Å². The van der Waals surface area contributed by atoms with Crippen molar-refractivity contribution in [3.63, 3.8) is 0 Å². The quantitative estimate of drug-likeness (QED) is 0.697. The lowest BCUT2D eigenvalue weighted by Gasteiger charge is -2.41. The van der Waals surface area contributed by atoms with Crippen molar-refractivity contribution in [3.05, 3.63) is 0 Å². The summed E-state index contributed by atoms with van der Waals surface area (Å²) in [5, 5.41) is 3.38. The van der Waals surface area contributed by atoms with Gasteiger partial charge in [0.2, 0.25) is 0 Å². The monoisotopic (exact) mass is 270 g/mol. The van der Waals surface area contributed by atoms with Crippen molar-refractivity contribution in [2.75, 3.05) is 46.4 Å². The van der Waals surface area contributed by atoms with Gasteiger partial charge < -0.3 is 15.0 Å². The van der Waals surface area contributed by atoms with Crippen molar-refractivity contribution in [2.24, 2.45) is 11.3 Å². The van der Waals surface area contributed by atoms with Gasteiger partial charge in [0.1, 0.15) is 0 Å². The number of hydrogen-bond acceptors (Lipinski definition) is 3. The summed E-state index contributed by atoms with van der Waals surface area (Å²) in [4.78, 5) is 2.64. The summed E-state index contributed by atoms with van der Waals surface area (Å²) in [5.41, 5.74) is 0.328. The molecule has 3 heteroatoms. The number of rotatable bonds is 9. The average Bonchev–Trinajstić information content (AvgIpc) is 2.44. The van der Waals surface area contributed by atoms with Crippen LogP contribution in [0.15, 0.2) is 0 Å². The highest BCUT2D eigenvalue weighted by Crippen LogP contribution is 2.29. The molecule has 1 unspecified atom stereocenters. The maximum Gasteiger partial charge on any atom is 0.0546 e. The summed E-state index contributed by atoms with van der Waals surface area (Å²) < 4.78 is 5.77. The van der Waals surface area contributed by atoms with E-state index in [-0.39, 0.29) is 0 Å². The molecule has 1 N–H and O–H groups in total. The fourth-order valence-corrected chi connectivity index (χ4v) is 3.30. The molecule has 0 amide bonds. The Bertz CT molecular complexity index is 217. The van der Waals surface area contributed by atoms with Gasteiger partial charge in [-0.1, -0.05) is 33.6 Å². The molecule has 1 heterocycles. The van der Waals surface area contributed by atoms with Crippen LogP contribution in [0.2, 0.25) is 0 Å². The number of ether oxygens (including phenoxy) is 1. The van der Waals surface area contributed by atoms with Crippen LogP contribution in [0.4, 0.5) is 0 Å². The van der Waals surface area contributed by atoms with Crippen LogP contribution < -0.4 is 5.32 Å². The predicted molar refractivity (Wildman–Crippen MR) is 82.6 cm³/mol. The summed E-state index contributed by atoms with van der Waals surface area (Å²) in [6, 6.07) is 0. The molecule has 0 aromatic carbocycles. The normalized spacial score (nSPS) is 24.3. The van der Waals surface area contributed by atoms with Crippen molar-refractivity contribution < 1.29 is 4.74 Å². The van der Waals surface area contributed by atoms with Gasteiger partial charge in [-0.15, -0.1) is 0 Å². The largest absolute Gasteiger partial charge is 0.381 e. The molecule has 0 spiro atoms. The Labute approximate surface area is 120 Å². The highest BCUT2D eigenvalue weighted by Gasteiger charge is 2.34. The summed E-state index contributed by atoms with van der Waals surface area (Å²) >= 11 is 0. The van der Waals surface area contributed by atoms with Crippen LogP contribution in [0.1, 0.15) is 46.5 Å². The second-order valence-electron chi connectivity index (χ2n) is 6.20. The van der Waals surface area contributed by atoms with Crippen molar-refractivity contribution in [1.29, 1.82) is 0 Å². The van der Waals surface area contributed by atoms with E-state index in [1.54, 1.807) is 0 Å². The molecule has 1 saturated heterocycles. The number of nitrogens with one attached hydrogen (secondary N) is 1. The Kier molecular flexibility index (Phi) is 7.96. The van der Waals surface area contributed by atoms with Gasteiger partial charge in [0.25, 0.3) is 0 Å². The van der Waals surface area contributed by atoms with Crippen molar-refractivity contribution in [2.45, 2.75) is 46.5 Å². The van der Waals surface area contributed by atoms with Crippen molar-refractivity contribution >= 4 is 0 Å². The Morgan fingerprint density at radius 2 is 2.00 bits per heavy atom. The fourth-order valence-electron chi connectivity index (χ4n) is 3.30. The van der Waals surface area contributed by atoms with E-state index < -0.39 is 0 Å². The van der Waals surface area contributed by atoms with E-state index in [2.05, 4.69) is 38.0 Å². The van der Waals surface area contributed by atoms with E-state index in [0.717, 1.165) is 32.2 Å². The Morgan fingerprint density at radius 3 is 2.47 bits per heavy atom. The van der Waals surface area contributed by atoms with Gasteiger partial charge in [0, 0.05) is 31.7 Å². The van der Waals surface area contributed by atoms with E-state index in [1.165, 1.54) is 38.8 Å². The lowest BCUT2D eigenvalue weighted by molar-refractivity contribution is -0.0268. The number of nitrogens with zero attached hydrogens (tertiary/aromatic N) is 1. The first-order valence-electron chi connectivity index (χ1n) is 8.14. The molecule has 0 bridgehead atoms. The zero-order valence-corrected chi connectivity index (χ0v) is 13.5. The minimum atomic E-state index is 0.328. The smallest absolute Gasteiger partial charge is 0.0546 e. The molecule has 0 saturated carbocycles. The Hall–Kier alpha value is -0.120. The number of hydrogen-bond donors (Lipinski definition) is 1. The van der Waals surface area contributed by atoms with Gasteiger partial charge in [-0.2, -0.15) is 0 Å². The summed E-state index contributed by atoms with van der Waals surface area (Å²) in [6.07, 6.45) is 5.10. The minimum absolute atomic E-state index is 0.328. The van der Waals surface area contributed by atoms with Crippen LogP contribution >= 0.6 is 0 Å². The van der Waals surface area contributed by atoms with E-state index >= 15 is 0 Å². The molecule has 1 rings (SSSR count). The van der Waals surface area contributed by atoms with Gasteiger partial charge in [0.15, 0.2) is 0 Å². The predicted octanol–water partition coefficient (Wildman–Crippen LogP) is 2.76. The SMILES string of the molecule is CCC(CC)CN(CC)CC1(CNC)CCCOC1. The van der Waals surface area contributed by atoms with Crippen LogP contribution in [0.5, 0.6) is 0 Å². The molecule has 3 nitrogen and oxygen atoms in total. The molecule has 0 radical (unpaired) electrons. The van der Waals surface area contributed by atoms with Gasteiger partial charge in [-0.25, -0.2) is 0 Å². The van der Waals surface area contributed by atoms with Crippen molar-refractivity contribution in [1.82, 2.24) is 10.2 Å². The standard InChI is InChI=1S/C16H34N2O/c1-5-15(6-2)11-18(7-3)13-16(12-17-4)9-8-10-19-14-16/h15,17H,5-14H2,1-4H3. The van der Waals surface area contributed by atoms with Gasteiger partial charge in [-0.3, -0.25) is 0 Å². The average molecular weight is 270 g/mol. The lowest BCUT2D eigenvalue weighted by atomic mass is 9.81. The van der Waals surface area contributed by atoms with Gasteiger partial charge >= 0.3 is 0 Å². The molecular weight excluding hydrogens is 236 g/mol. The molecule has 114 valence electrons. The fraction of sp³-hybridized carbons (Fsp3) is 1.00. The highest BCUT2D eigenvalue weighted by atomic mass is 16.5. The molecule has 0 aromatic rings. The maximum atomic E-state index is 5.77. The van der Waals surface area contributed by atoms with Gasteiger partial charge in [-0.05, 0) is 32.4 Å². The minimum Gasteiger partial charge on any atom is -0.381 e. The summed E-state index contributed by atoms with van der Waals surface area (Å²) in [6.45, 7) is 13.4. The molecule has 0 aliphatic carbocycles. The summed E-state index contributed by atoms with van der Waals surface area (Å²) in [7, 11) is 2.06. The van der Waals surface area contributed by atoms with E-state index in [9.17, 15) is 0 Å².